The van der Waals surface area contributed by atoms with Crippen LogP contribution in [0.3, 0.4) is 0 Å². The highest BCUT2D eigenvalue weighted by Crippen LogP contribution is 2.40. The molecule has 0 aromatic carbocycles. The highest BCUT2D eigenvalue weighted by atomic mass is 15.1. The summed E-state index contributed by atoms with van der Waals surface area (Å²) in [7, 11) is 2.22. The number of nitrogens with zero attached hydrogens (tertiary/aromatic N) is 3. The third-order valence-electron chi connectivity index (χ3n) is 4.73. The summed E-state index contributed by atoms with van der Waals surface area (Å²) >= 11 is 0. The Bertz CT molecular complexity index is 459. The number of imidazole rings is 1. The molecule has 3 rings (SSSR count). The van der Waals surface area contributed by atoms with Crippen molar-refractivity contribution in [3.05, 3.63) is 17.2 Å². The van der Waals surface area contributed by atoms with E-state index in [1.165, 1.54) is 43.0 Å². The van der Waals surface area contributed by atoms with Crippen LogP contribution in [0.5, 0.6) is 0 Å². The average molecular weight is 276 g/mol. The topological polar surface area (TPSA) is 33.1 Å². The fraction of sp³-hybridized carbons (Fsp3) is 0.812. The first-order chi connectivity index (χ1) is 9.66. The van der Waals surface area contributed by atoms with Gasteiger partial charge in [-0.25, -0.2) is 4.98 Å². The van der Waals surface area contributed by atoms with E-state index in [-0.39, 0.29) is 0 Å². The Morgan fingerprint density at radius 3 is 2.90 bits per heavy atom. The maximum Gasteiger partial charge on any atom is 0.112 e. The highest BCUT2D eigenvalue weighted by Gasteiger charge is 2.31. The van der Waals surface area contributed by atoms with E-state index in [1.807, 2.05) is 0 Å². The van der Waals surface area contributed by atoms with Crippen LogP contribution in [-0.4, -0.2) is 40.6 Å². The van der Waals surface area contributed by atoms with Crippen molar-refractivity contribution in [2.45, 2.75) is 64.6 Å². The molecular weight excluding hydrogens is 248 g/mol. The van der Waals surface area contributed by atoms with Gasteiger partial charge in [0.1, 0.15) is 5.82 Å². The summed E-state index contributed by atoms with van der Waals surface area (Å²) in [5, 5.41) is 3.45. The standard InChI is InChI=1S/C16H28N4/c1-12(2)19(3)9-4-10-20-15-7-8-17-11-14(15)18-16(20)13-5-6-13/h12-13,17H,4-11H2,1-3H3. The maximum atomic E-state index is 4.93. The molecule has 1 saturated carbocycles. The van der Waals surface area contributed by atoms with Gasteiger partial charge in [-0.05, 0) is 46.7 Å². The Hall–Kier alpha value is -0.870. The summed E-state index contributed by atoms with van der Waals surface area (Å²) in [6.07, 6.45) is 5.06. The van der Waals surface area contributed by atoms with E-state index < -0.39 is 0 Å². The third-order valence-corrected chi connectivity index (χ3v) is 4.73. The van der Waals surface area contributed by atoms with Crippen molar-refractivity contribution < 1.29 is 0 Å². The van der Waals surface area contributed by atoms with Crippen LogP contribution in [0.1, 0.15) is 56.2 Å². The van der Waals surface area contributed by atoms with Crippen LogP contribution in [-0.2, 0) is 19.5 Å². The van der Waals surface area contributed by atoms with Gasteiger partial charge in [-0.1, -0.05) is 0 Å². The minimum Gasteiger partial charge on any atom is -0.331 e. The number of nitrogens with one attached hydrogen (secondary N) is 1. The predicted molar refractivity (Wildman–Crippen MR) is 82.0 cm³/mol. The monoisotopic (exact) mass is 276 g/mol. The van der Waals surface area contributed by atoms with E-state index in [2.05, 4.69) is 35.7 Å². The SMILES string of the molecule is CC(C)N(C)CCCn1c(C2CC2)nc2c1CCNC2. The van der Waals surface area contributed by atoms with E-state index in [9.17, 15) is 0 Å². The van der Waals surface area contributed by atoms with Gasteiger partial charge < -0.3 is 14.8 Å². The van der Waals surface area contributed by atoms with Crippen LogP contribution in [0.4, 0.5) is 0 Å². The molecule has 1 fully saturated rings. The molecule has 0 bridgehead atoms. The summed E-state index contributed by atoms with van der Waals surface area (Å²) in [6, 6.07) is 0.638. The highest BCUT2D eigenvalue weighted by molar-refractivity contribution is 5.24. The van der Waals surface area contributed by atoms with Gasteiger partial charge >= 0.3 is 0 Å². The van der Waals surface area contributed by atoms with Crippen LogP contribution in [0, 0.1) is 0 Å². The largest absolute Gasteiger partial charge is 0.331 e. The molecule has 1 aliphatic carbocycles. The summed E-state index contributed by atoms with van der Waals surface area (Å²) in [5.74, 6) is 2.13. The van der Waals surface area contributed by atoms with Gasteiger partial charge in [-0.2, -0.15) is 0 Å². The zero-order valence-corrected chi connectivity index (χ0v) is 13.2. The van der Waals surface area contributed by atoms with Crippen LogP contribution in [0.25, 0.3) is 0 Å². The van der Waals surface area contributed by atoms with Gasteiger partial charge in [0.25, 0.3) is 0 Å². The van der Waals surface area contributed by atoms with Crippen molar-refractivity contribution in [1.29, 1.82) is 0 Å². The molecule has 112 valence electrons. The zero-order valence-electron chi connectivity index (χ0n) is 13.2. The first kappa shape index (κ1) is 14.1. The smallest absolute Gasteiger partial charge is 0.112 e. The lowest BCUT2D eigenvalue weighted by molar-refractivity contribution is 0.264. The molecule has 1 aliphatic heterocycles. The van der Waals surface area contributed by atoms with Gasteiger partial charge in [0.2, 0.25) is 0 Å². The maximum absolute atomic E-state index is 4.93. The minimum atomic E-state index is 0.638. The molecule has 1 N–H and O–H groups in total. The second kappa shape index (κ2) is 5.86. The van der Waals surface area contributed by atoms with E-state index >= 15 is 0 Å². The van der Waals surface area contributed by atoms with Crippen molar-refractivity contribution in [1.82, 2.24) is 19.8 Å². The Labute approximate surface area is 122 Å². The summed E-state index contributed by atoms with van der Waals surface area (Å²) in [6.45, 7) is 8.92. The minimum absolute atomic E-state index is 0.638. The fourth-order valence-corrected chi connectivity index (χ4v) is 3.03. The Balaban J connectivity index is 1.69. The van der Waals surface area contributed by atoms with Crippen molar-refractivity contribution in [2.75, 3.05) is 20.1 Å². The fourth-order valence-electron chi connectivity index (χ4n) is 3.03. The molecule has 0 radical (unpaired) electrons. The zero-order chi connectivity index (χ0) is 14.1. The van der Waals surface area contributed by atoms with Gasteiger partial charge in [-0.15, -0.1) is 0 Å². The molecule has 0 unspecified atom stereocenters. The van der Waals surface area contributed by atoms with Crippen LogP contribution >= 0.6 is 0 Å². The second-order valence-corrected chi connectivity index (χ2v) is 6.64. The number of aromatic nitrogens is 2. The van der Waals surface area contributed by atoms with Crippen molar-refractivity contribution >= 4 is 0 Å². The summed E-state index contributed by atoms with van der Waals surface area (Å²) < 4.78 is 2.56. The molecule has 0 amide bonds. The Morgan fingerprint density at radius 2 is 2.20 bits per heavy atom. The van der Waals surface area contributed by atoms with Gasteiger partial charge in [0, 0.05) is 43.7 Å². The number of rotatable bonds is 6. The molecule has 2 heterocycles. The van der Waals surface area contributed by atoms with E-state index in [0.29, 0.717) is 6.04 Å². The molecule has 2 aliphatic rings. The molecule has 0 saturated heterocycles. The third kappa shape index (κ3) is 2.91. The lowest BCUT2D eigenvalue weighted by Crippen LogP contribution is -2.28. The quantitative estimate of drug-likeness (QED) is 0.864. The van der Waals surface area contributed by atoms with E-state index in [4.69, 9.17) is 4.98 Å². The first-order valence-corrected chi connectivity index (χ1v) is 8.16. The van der Waals surface area contributed by atoms with Crippen molar-refractivity contribution in [3.63, 3.8) is 0 Å². The number of fused-ring (bicyclic) bond motifs is 1. The van der Waals surface area contributed by atoms with Crippen LogP contribution < -0.4 is 5.32 Å². The molecule has 4 nitrogen and oxygen atoms in total. The van der Waals surface area contributed by atoms with E-state index in [1.54, 1.807) is 0 Å². The van der Waals surface area contributed by atoms with Crippen molar-refractivity contribution in [2.24, 2.45) is 0 Å². The predicted octanol–water partition coefficient (Wildman–Crippen LogP) is 2.14. The van der Waals surface area contributed by atoms with Crippen LogP contribution in [0.15, 0.2) is 0 Å². The van der Waals surface area contributed by atoms with Crippen LogP contribution in [0.2, 0.25) is 0 Å². The number of hydrogen-bond donors (Lipinski definition) is 1. The van der Waals surface area contributed by atoms with Crippen molar-refractivity contribution in [3.8, 4) is 0 Å². The molecular formula is C16H28N4. The molecule has 20 heavy (non-hydrogen) atoms. The number of hydrogen-bond acceptors (Lipinski definition) is 3. The second-order valence-electron chi connectivity index (χ2n) is 6.64. The molecule has 4 heteroatoms. The molecule has 1 aromatic heterocycles. The molecule has 0 atom stereocenters. The summed E-state index contributed by atoms with van der Waals surface area (Å²) in [4.78, 5) is 7.36. The van der Waals surface area contributed by atoms with Gasteiger partial charge in [-0.3, -0.25) is 0 Å². The Morgan fingerprint density at radius 1 is 1.40 bits per heavy atom. The van der Waals surface area contributed by atoms with Gasteiger partial charge in [0.15, 0.2) is 0 Å². The van der Waals surface area contributed by atoms with Gasteiger partial charge in [0.05, 0.1) is 5.69 Å². The first-order valence-electron chi connectivity index (χ1n) is 8.16. The Kier molecular flexibility index (Phi) is 4.13. The lowest BCUT2D eigenvalue weighted by atomic mass is 10.2. The van der Waals surface area contributed by atoms with E-state index in [0.717, 1.165) is 32.0 Å². The normalized spacial score (nSPS) is 18.9. The molecule has 0 spiro atoms. The average Bonchev–Trinajstić information content (AvgIpc) is 3.21. The summed E-state index contributed by atoms with van der Waals surface area (Å²) in [5.41, 5.74) is 2.83. The molecule has 1 aromatic rings. The lowest BCUT2D eigenvalue weighted by Gasteiger charge is -2.22.